The van der Waals surface area contributed by atoms with E-state index < -0.39 is 33.8 Å². The lowest BCUT2D eigenvalue weighted by Gasteiger charge is -2.38. The van der Waals surface area contributed by atoms with E-state index in [0.29, 0.717) is 18.2 Å². The number of halogens is 2. The standard InChI is InChI=1S/C21H25NO.C18H14Cl2O7.H2O4S/c1-22-18-12-13-19(22)15-20(14-18)23-21(16-8-4-2-5-9-16)17-10-6-3-7-11-17;1-5-9-16(11(20)13(22)10(5)19)26-14-6(2)8(17(23)25-4)12(21)7(3)15(14)27-18(9)24;1-5(2,3)4/h2-11,18-21H,12-15H2,1H3;21-22H,1-4H3;(H2,1,2,3,4). The van der Waals surface area contributed by atoms with Gasteiger partial charge in [0.1, 0.15) is 28.0 Å². The van der Waals surface area contributed by atoms with Gasteiger partial charge in [0, 0.05) is 23.2 Å². The summed E-state index contributed by atoms with van der Waals surface area (Å²) in [7, 11) is -1.22. The molecule has 0 amide bonds. The zero-order valence-electron chi connectivity index (χ0n) is 30.6. The summed E-state index contributed by atoms with van der Waals surface area (Å²) in [5.74, 6) is -2.74. The maximum absolute atomic E-state index is 12.7. The number of esters is 2. The largest absolute Gasteiger partial charge is 0.507 e. The molecular weight excluding hydrogens is 777 g/mol. The smallest absolute Gasteiger partial charge is 0.394 e. The van der Waals surface area contributed by atoms with E-state index in [-0.39, 0.29) is 61.2 Å². The Kier molecular flexibility index (Phi) is 13.0. The predicted octanol–water partition coefficient (Wildman–Crippen LogP) is 8.21. The van der Waals surface area contributed by atoms with Crippen LogP contribution in [0.1, 0.15) is 80.3 Å². The fourth-order valence-electron chi connectivity index (χ4n) is 7.15. The summed E-state index contributed by atoms with van der Waals surface area (Å²) in [6, 6.07) is 22.7. The molecule has 13 nitrogen and oxygen atoms in total. The molecule has 0 spiro atoms. The molecule has 7 rings (SSSR count). The number of fused-ring (bicyclic) bond motifs is 4. The van der Waals surface area contributed by atoms with Crippen molar-refractivity contribution in [3.8, 4) is 28.7 Å². The molecule has 0 saturated carbocycles. The minimum atomic E-state index is -4.67. The van der Waals surface area contributed by atoms with Crippen LogP contribution in [0, 0.1) is 20.8 Å². The molecule has 3 heterocycles. The number of phenolic OH excluding ortho intramolecular Hbond substituents is 2. The monoisotopic (exact) mass is 817 g/mol. The van der Waals surface area contributed by atoms with E-state index in [9.17, 15) is 19.8 Å². The van der Waals surface area contributed by atoms with Gasteiger partial charge in [-0.3, -0.25) is 9.11 Å². The van der Waals surface area contributed by atoms with E-state index in [1.165, 1.54) is 64.7 Å². The normalized spacial score (nSPS) is 18.7. The first-order valence-corrected chi connectivity index (χ1v) is 19.3. The SMILES string of the molecule is CN1C2CCC1CC(OC(c1ccccc1)c1ccccc1)C2.COC(=O)c1c(C)c2c(c(C)c1O)OC(=O)c1c(C)c(Cl)c(O)c(Cl)c1O2.O=S(=O)(O)O. The van der Waals surface area contributed by atoms with Crippen molar-refractivity contribution in [2.45, 2.75) is 70.7 Å². The molecule has 2 atom stereocenters. The second-order valence-electron chi connectivity index (χ2n) is 13.3. The van der Waals surface area contributed by atoms with Crippen LogP contribution in [0.3, 0.4) is 0 Å². The van der Waals surface area contributed by atoms with Gasteiger partial charge in [0.05, 0.1) is 18.2 Å². The first-order chi connectivity index (χ1) is 25.9. The van der Waals surface area contributed by atoms with Gasteiger partial charge in [0.25, 0.3) is 0 Å². The summed E-state index contributed by atoms with van der Waals surface area (Å²) in [6.07, 6.45) is 5.43. The number of ether oxygens (including phenoxy) is 4. The molecule has 55 heavy (non-hydrogen) atoms. The van der Waals surface area contributed by atoms with Gasteiger partial charge < -0.3 is 34.1 Å². The van der Waals surface area contributed by atoms with E-state index in [2.05, 4.69) is 72.6 Å². The van der Waals surface area contributed by atoms with Crippen LogP contribution in [-0.4, -0.2) is 76.9 Å². The molecule has 0 aliphatic carbocycles. The third kappa shape index (κ3) is 9.18. The van der Waals surface area contributed by atoms with E-state index in [0.717, 1.165) is 0 Å². The number of piperidine rings is 1. The summed E-state index contributed by atoms with van der Waals surface area (Å²) < 4.78 is 54.2. The highest BCUT2D eigenvalue weighted by Crippen LogP contribution is 2.53. The minimum absolute atomic E-state index is 0.0131. The second kappa shape index (κ2) is 17.2. The van der Waals surface area contributed by atoms with E-state index in [1.54, 1.807) is 0 Å². The summed E-state index contributed by atoms with van der Waals surface area (Å²) in [5, 5.41) is 20.1. The number of hydrogen-bond acceptors (Lipinski definition) is 11. The number of rotatable bonds is 5. The third-order valence-corrected chi connectivity index (χ3v) is 10.8. The molecule has 2 saturated heterocycles. The van der Waals surface area contributed by atoms with Crippen LogP contribution in [0.4, 0.5) is 0 Å². The number of carbonyl (C=O) groups is 2. The minimum Gasteiger partial charge on any atom is -0.507 e. The Morgan fingerprint density at radius 3 is 1.78 bits per heavy atom. The van der Waals surface area contributed by atoms with Crippen LogP contribution in [0.5, 0.6) is 28.7 Å². The molecule has 2 unspecified atom stereocenters. The van der Waals surface area contributed by atoms with Crippen LogP contribution >= 0.6 is 23.2 Å². The molecule has 4 aromatic carbocycles. The molecular formula is C39H41Cl2NO12S. The van der Waals surface area contributed by atoms with E-state index in [1.807, 2.05) is 0 Å². The highest BCUT2D eigenvalue weighted by atomic mass is 35.5. The van der Waals surface area contributed by atoms with Crippen LogP contribution in [0.15, 0.2) is 60.7 Å². The Morgan fingerprint density at radius 1 is 0.800 bits per heavy atom. The first-order valence-electron chi connectivity index (χ1n) is 17.1. The molecule has 3 aliphatic rings. The van der Waals surface area contributed by atoms with Gasteiger partial charge in [-0.1, -0.05) is 83.9 Å². The fourth-order valence-corrected chi connectivity index (χ4v) is 7.62. The van der Waals surface area contributed by atoms with Crippen molar-refractivity contribution in [3.05, 3.63) is 110 Å². The average molecular weight is 819 g/mol. The van der Waals surface area contributed by atoms with Crippen molar-refractivity contribution in [1.29, 1.82) is 0 Å². The maximum atomic E-state index is 12.7. The molecule has 294 valence electrons. The first kappa shape index (κ1) is 41.7. The van der Waals surface area contributed by atoms with Gasteiger partial charge >= 0.3 is 22.3 Å². The summed E-state index contributed by atoms with van der Waals surface area (Å²) in [5.41, 5.74) is 2.77. The highest BCUT2D eigenvalue weighted by molar-refractivity contribution is 7.79. The highest BCUT2D eigenvalue weighted by Gasteiger charge is 2.40. The van der Waals surface area contributed by atoms with E-state index in [4.69, 9.17) is 59.7 Å². The lowest BCUT2D eigenvalue weighted by Crippen LogP contribution is -2.43. The van der Waals surface area contributed by atoms with Crippen molar-refractivity contribution >= 4 is 45.5 Å². The molecule has 2 fully saturated rings. The Hall–Kier alpha value is -4.41. The Labute approximate surface area is 328 Å². The number of hydrogen-bond donors (Lipinski definition) is 4. The lowest BCUT2D eigenvalue weighted by molar-refractivity contribution is -0.0426. The molecule has 4 aromatic rings. The van der Waals surface area contributed by atoms with Gasteiger partial charge in [-0.15, -0.1) is 0 Å². The third-order valence-electron chi connectivity index (χ3n) is 9.98. The summed E-state index contributed by atoms with van der Waals surface area (Å²) in [6.45, 7) is 4.43. The summed E-state index contributed by atoms with van der Waals surface area (Å²) >= 11 is 12.2. The van der Waals surface area contributed by atoms with Gasteiger partial charge in [-0.2, -0.15) is 8.42 Å². The quantitative estimate of drug-likeness (QED) is 0.0858. The maximum Gasteiger partial charge on any atom is 0.394 e. The topological polar surface area (TPSA) is 189 Å². The van der Waals surface area contributed by atoms with E-state index >= 15 is 0 Å². The number of methoxy groups -OCH3 is 1. The van der Waals surface area contributed by atoms with Crippen molar-refractivity contribution in [2.75, 3.05) is 14.2 Å². The number of carbonyl (C=O) groups excluding carboxylic acids is 2. The predicted molar refractivity (Wildman–Crippen MR) is 204 cm³/mol. The zero-order valence-corrected chi connectivity index (χ0v) is 32.9. The van der Waals surface area contributed by atoms with Crippen LogP contribution in [0.2, 0.25) is 10.0 Å². The average Bonchev–Trinajstić information content (AvgIpc) is 3.29. The number of aromatic hydroxyl groups is 2. The molecule has 3 aliphatic heterocycles. The Morgan fingerprint density at radius 2 is 1.29 bits per heavy atom. The van der Waals surface area contributed by atoms with Gasteiger partial charge in [0.2, 0.25) is 0 Å². The zero-order chi connectivity index (χ0) is 40.4. The number of benzene rings is 4. The van der Waals surface area contributed by atoms with Crippen molar-refractivity contribution in [1.82, 2.24) is 4.90 Å². The molecule has 0 radical (unpaired) electrons. The second-order valence-corrected chi connectivity index (χ2v) is 15.0. The molecule has 4 N–H and O–H groups in total. The van der Waals surface area contributed by atoms with Gasteiger partial charge in [0.15, 0.2) is 23.0 Å². The van der Waals surface area contributed by atoms with Crippen molar-refractivity contribution in [3.63, 3.8) is 0 Å². The molecule has 0 aromatic heterocycles. The lowest BCUT2D eigenvalue weighted by atomic mass is 9.97. The molecule has 2 bridgehead atoms. The van der Waals surface area contributed by atoms with Crippen LogP contribution in [0.25, 0.3) is 0 Å². The number of phenols is 2. The van der Waals surface area contributed by atoms with Gasteiger partial charge in [-0.05, 0) is 70.2 Å². The van der Waals surface area contributed by atoms with Gasteiger partial charge in [-0.25, -0.2) is 9.59 Å². The van der Waals surface area contributed by atoms with Crippen LogP contribution in [-0.2, 0) is 19.9 Å². The van der Waals surface area contributed by atoms with Crippen molar-refractivity contribution in [2.24, 2.45) is 0 Å². The van der Waals surface area contributed by atoms with Crippen molar-refractivity contribution < 1.29 is 56.3 Å². The Bertz CT molecular complexity index is 2120. The molecule has 16 heteroatoms. The Balaban J connectivity index is 0.000000190. The number of nitrogens with zero attached hydrogens (tertiary/aromatic N) is 1. The van der Waals surface area contributed by atoms with Crippen LogP contribution < -0.4 is 9.47 Å². The summed E-state index contributed by atoms with van der Waals surface area (Å²) in [4.78, 5) is 27.3. The fraction of sp³-hybridized carbons (Fsp3) is 0.333.